The molecule has 0 aromatic carbocycles. The molecule has 0 radical (unpaired) electrons. The average Bonchev–Trinajstić information content (AvgIpc) is 2.38. The van der Waals surface area contributed by atoms with Gasteiger partial charge in [-0.2, -0.15) is 18.4 Å². The van der Waals surface area contributed by atoms with Gasteiger partial charge < -0.3 is 4.74 Å². The third-order valence-corrected chi connectivity index (χ3v) is 3.36. The van der Waals surface area contributed by atoms with Crippen molar-refractivity contribution in [1.82, 2.24) is 0 Å². The van der Waals surface area contributed by atoms with Crippen molar-refractivity contribution in [3.8, 4) is 6.07 Å². The molecule has 0 N–H and O–H groups in total. The Balaban J connectivity index is 2.05. The van der Waals surface area contributed by atoms with Gasteiger partial charge in [0.1, 0.15) is 6.10 Å². The Labute approximate surface area is 104 Å². The first-order valence-electron chi connectivity index (χ1n) is 6.02. The number of alkyl halides is 3. The Morgan fingerprint density at radius 1 is 1.22 bits per heavy atom. The fraction of sp³-hybridized carbons (Fsp3) is 0.615. The standard InChI is InChI=1S/C13H14F3NO/c14-13(15,16)10-6-4-9(5-7-10)12-3-1-2-11(8-17)18-12/h4,6,11-12H,1-3,5,7H2. The summed E-state index contributed by atoms with van der Waals surface area (Å²) in [7, 11) is 0. The summed E-state index contributed by atoms with van der Waals surface area (Å²) in [5.74, 6) is 0. The zero-order valence-electron chi connectivity index (χ0n) is 9.83. The SMILES string of the molecule is N#CC1CCCC(C2=CC=C(C(F)(F)F)CC2)O1. The summed E-state index contributed by atoms with van der Waals surface area (Å²) in [5.41, 5.74) is 0.391. The first-order chi connectivity index (χ1) is 8.50. The Morgan fingerprint density at radius 3 is 2.56 bits per heavy atom. The van der Waals surface area contributed by atoms with Crippen LogP contribution in [-0.2, 0) is 4.74 Å². The van der Waals surface area contributed by atoms with Crippen molar-refractivity contribution in [2.24, 2.45) is 0 Å². The highest BCUT2D eigenvalue weighted by Crippen LogP contribution is 2.35. The predicted octanol–water partition coefficient (Wildman–Crippen LogP) is 3.66. The molecule has 1 fully saturated rings. The Bertz CT molecular complexity index is 417. The number of ether oxygens (including phenoxy) is 1. The molecule has 1 saturated heterocycles. The number of hydrogen-bond acceptors (Lipinski definition) is 2. The van der Waals surface area contributed by atoms with Gasteiger partial charge in [0, 0.05) is 5.57 Å². The number of rotatable bonds is 1. The van der Waals surface area contributed by atoms with Gasteiger partial charge in [0.05, 0.1) is 12.2 Å². The van der Waals surface area contributed by atoms with Crippen molar-refractivity contribution < 1.29 is 17.9 Å². The van der Waals surface area contributed by atoms with Crippen LogP contribution in [0.3, 0.4) is 0 Å². The molecule has 0 saturated carbocycles. The van der Waals surface area contributed by atoms with Crippen LogP contribution in [-0.4, -0.2) is 18.4 Å². The van der Waals surface area contributed by atoms with Crippen LogP contribution in [0.1, 0.15) is 32.1 Å². The zero-order valence-corrected chi connectivity index (χ0v) is 9.83. The predicted molar refractivity (Wildman–Crippen MR) is 59.6 cm³/mol. The molecular weight excluding hydrogens is 243 g/mol. The molecule has 2 rings (SSSR count). The van der Waals surface area contributed by atoms with Gasteiger partial charge in [-0.25, -0.2) is 0 Å². The average molecular weight is 257 g/mol. The van der Waals surface area contributed by atoms with Gasteiger partial charge in [-0.1, -0.05) is 12.2 Å². The summed E-state index contributed by atoms with van der Waals surface area (Å²) >= 11 is 0. The fourth-order valence-electron chi connectivity index (χ4n) is 2.35. The second-order valence-corrected chi connectivity index (χ2v) is 4.60. The van der Waals surface area contributed by atoms with Gasteiger partial charge in [-0.05, 0) is 37.7 Å². The highest BCUT2D eigenvalue weighted by molar-refractivity contribution is 5.29. The van der Waals surface area contributed by atoms with Crippen molar-refractivity contribution >= 4 is 0 Å². The molecule has 98 valence electrons. The Hall–Kier alpha value is -1.28. The van der Waals surface area contributed by atoms with Crippen molar-refractivity contribution in [2.75, 3.05) is 0 Å². The summed E-state index contributed by atoms with van der Waals surface area (Å²) in [5, 5.41) is 8.80. The van der Waals surface area contributed by atoms with Crippen LogP contribution in [0.5, 0.6) is 0 Å². The first-order valence-corrected chi connectivity index (χ1v) is 6.02. The van der Waals surface area contributed by atoms with E-state index in [1.807, 2.05) is 0 Å². The largest absolute Gasteiger partial charge is 0.412 e. The summed E-state index contributed by atoms with van der Waals surface area (Å²) in [6.07, 6.45) is 0.575. The third-order valence-electron chi connectivity index (χ3n) is 3.36. The maximum absolute atomic E-state index is 12.5. The number of halogens is 3. The van der Waals surface area contributed by atoms with Crippen LogP contribution in [0.25, 0.3) is 0 Å². The molecule has 0 aromatic heterocycles. The van der Waals surface area contributed by atoms with E-state index in [4.69, 9.17) is 10.00 Å². The number of hydrogen-bond donors (Lipinski definition) is 0. The molecule has 1 aliphatic carbocycles. The van der Waals surface area contributed by atoms with Crippen molar-refractivity contribution in [3.05, 3.63) is 23.3 Å². The monoisotopic (exact) mass is 257 g/mol. The minimum atomic E-state index is -4.23. The van der Waals surface area contributed by atoms with E-state index in [9.17, 15) is 13.2 Å². The topological polar surface area (TPSA) is 33.0 Å². The van der Waals surface area contributed by atoms with E-state index in [0.717, 1.165) is 24.5 Å². The lowest BCUT2D eigenvalue weighted by molar-refractivity contribution is -0.0944. The van der Waals surface area contributed by atoms with Gasteiger partial charge in [-0.3, -0.25) is 0 Å². The minimum absolute atomic E-state index is 0.00636. The lowest BCUT2D eigenvalue weighted by Gasteiger charge is -2.29. The molecule has 1 aliphatic heterocycles. The van der Waals surface area contributed by atoms with Gasteiger partial charge in [0.2, 0.25) is 0 Å². The van der Waals surface area contributed by atoms with Crippen LogP contribution < -0.4 is 0 Å². The summed E-state index contributed by atoms with van der Waals surface area (Å²) in [6.45, 7) is 0. The zero-order chi connectivity index (χ0) is 13.2. The van der Waals surface area contributed by atoms with Crippen LogP contribution in [0.4, 0.5) is 13.2 Å². The lowest BCUT2D eigenvalue weighted by Crippen LogP contribution is -2.29. The van der Waals surface area contributed by atoms with E-state index in [1.165, 1.54) is 6.08 Å². The molecule has 18 heavy (non-hydrogen) atoms. The van der Waals surface area contributed by atoms with Gasteiger partial charge >= 0.3 is 6.18 Å². The van der Waals surface area contributed by atoms with Gasteiger partial charge in [0.25, 0.3) is 0 Å². The molecule has 0 bridgehead atoms. The Kier molecular flexibility index (Phi) is 3.76. The molecule has 2 aliphatic rings. The molecule has 2 nitrogen and oxygen atoms in total. The molecule has 0 spiro atoms. The maximum Gasteiger partial charge on any atom is 0.412 e. The van der Waals surface area contributed by atoms with Crippen molar-refractivity contribution in [2.45, 2.75) is 50.5 Å². The lowest BCUT2D eigenvalue weighted by atomic mass is 9.90. The smallest absolute Gasteiger partial charge is 0.356 e. The van der Waals surface area contributed by atoms with Crippen LogP contribution in [0.2, 0.25) is 0 Å². The molecule has 1 heterocycles. The van der Waals surface area contributed by atoms with E-state index in [1.54, 1.807) is 0 Å². The minimum Gasteiger partial charge on any atom is -0.356 e. The van der Waals surface area contributed by atoms with Gasteiger partial charge in [0.15, 0.2) is 0 Å². The van der Waals surface area contributed by atoms with Crippen molar-refractivity contribution in [1.29, 1.82) is 5.26 Å². The summed E-state index contributed by atoms with van der Waals surface area (Å²) in [4.78, 5) is 0. The molecular formula is C13H14F3NO. The normalized spacial score (nSPS) is 29.2. The van der Waals surface area contributed by atoms with E-state index in [-0.39, 0.29) is 12.5 Å². The fourth-order valence-corrected chi connectivity index (χ4v) is 2.35. The van der Waals surface area contributed by atoms with Crippen LogP contribution in [0.15, 0.2) is 23.3 Å². The first kappa shape index (κ1) is 13.2. The van der Waals surface area contributed by atoms with Gasteiger partial charge in [-0.15, -0.1) is 0 Å². The van der Waals surface area contributed by atoms with E-state index in [0.29, 0.717) is 12.8 Å². The molecule has 2 unspecified atom stereocenters. The molecule has 2 atom stereocenters. The van der Waals surface area contributed by atoms with Crippen molar-refractivity contribution in [3.63, 3.8) is 0 Å². The second kappa shape index (κ2) is 5.15. The molecule has 5 heteroatoms. The third kappa shape index (κ3) is 2.94. The quantitative estimate of drug-likeness (QED) is 0.718. The van der Waals surface area contributed by atoms with E-state index >= 15 is 0 Å². The number of nitriles is 1. The maximum atomic E-state index is 12.5. The second-order valence-electron chi connectivity index (χ2n) is 4.60. The van der Waals surface area contributed by atoms with E-state index in [2.05, 4.69) is 6.07 Å². The summed E-state index contributed by atoms with van der Waals surface area (Å²) in [6, 6.07) is 2.06. The highest BCUT2D eigenvalue weighted by Gasteiger charge is 2.35. The molecule has 0 aromatic rings. The highest BCUT2D eigenvalue weighted by atomic mass is 19.4. The Morgan fingerprint density at radius 2 is 2.00 bits per heavy atom. The van der Waals surface area contributed by atoms with Crippen LogP contribution in [0, 0.1) is 11.3 Å². The van der Waals surface area contributed by atoms with E-state index < -0.39 is 17.9 Å². The summed E-state index contributed by atoms with van der Waals surface area (Å²) < 4.78 is 42.9. The van der Waals surface area contributed by atoms with Crippen LogP contribution >= 0.6 is 0 Å². The number of nitrogens with zero attached hydrogens (tertiary/aromatic N) is 1. The molecule has 0 amide bonds. The number of allylic oxidation sites excluding steroid dienone is 3.